The van der Waals surface area contributed by atoms with Gasteiger partial charge in [-0.25, -0.2) is 4.39 Å². The molecule has 0 fully saturated rings. The lowest BCUT2D eigenvalue weighted by molar-refractivity contribution is -0.385. The van der Waals surface area contributed by atoms with Crippen LogP contribution in [-0.2, 0) is 9.59 Å². The van der Waals surface area contributed by atoms with Crippen LogP contribution in [0.5, 0.6) is 0 Å². The molecule has 144 valence electrons. The molecule has 0 aromatic heterocycles. The Balaban J connectivity index is 1.84. The van der Waals surface area contributed by atoms with Gasteiger partial charge in [0.1, 0.15) is 17.6 Å². The van der Waals surface area contributed by atoms with Crippen LogP contribution in [0.3, 0.4) is 0 Å². The summed E-state index contributed by atoms with van der Waals surface area (Å²) in [5.41, 5.74) is 6.38. The van der Waals surface area contributed by atoms with Gasteiger partial charge in [0.15, 0.2) is 0 Å². The second kappa shape index (κ2) is 7.43. The monoisotopic (exact) mass is 385 g/mol. The Morgan fingerprint density at radius 2 is 1.96 bits per heavy atom. The van der Waals surface area contributed by atoms with E-state index in [4.69, 9.17) is 5.73 Å². The average Bonchev–Trinajstić information content (AvgIpc) is 3.09. The lowest BCUT2D eigenvalue weighted by atomic mass is 10.1. The van der Waals surface area contributed by atoms with Gasteiger partial charge in [-0.1, -0.05) is 6.07 Å². The summed E-state index contributed by atoms with van der Waals surface area (Å²) in [6, 6.07) is 8.61. The summed E-state index contributed by atoms with van der Waals surface area (Å²) in [4.78, 5) is 34.8. The van der Waals surface area contributed by atoms with Gasteiger partial charge in [0.05, 0.1) is 10.6 Å². The Morgan fingerprint density at radius 1 is 1.29 bits per heavy atom. The van der Waals surface area contributed by atoms with Crippen molar-refractivity contribution in [2.24, 2.45) is 10.8 Å². The van der Waals surface area contributed by atoms with Crippen molar-refractivity contribution in [2.45, 2.75) is 19.4 Å². The first-order valence-corrected chi connectivity index (χ1v) is 8.24. The Bertz CT molecular complexity index is 990. The van der Waals surface area contributed by atoms with Crippen LogP contribution in [0, 0.1) is 22.9 Å². The molecule has 2 aromatic rings. The molecule has 0 unspecified atom stereocenters. The summed E-state index contributed by atoms with van der Waals surface area (Å²) < 4.78 is 13.1. The largest absolute Gasteiger partial charge is 0.368 e. The number of amides is 2. The highest BCUT2D eigenvalue weighted by Gasteiger charge is 2.35. The normalized spacial score (nSPS) is 15.9. The molecule has 1 aliphatic heterocycles. The number of carbonyl (C=O) groups excluding carboxylic acids is 2. The van der Waals surface area contributed by atoms with Crippen molar-refractivity contribution in [1.82, 2.24) is 0 Å². The maximum absolute atomic E-state index is 13.1. The number of rotatable bonds is 5. The van der Waals surface area contributed by atoms with Crippen molar-refractivity contribution in [3.05, 3.63) is 64.0 Å². The van der Waals surface area contributed by atoms with E-state index in [2.05, 4.69) is 10.4 Å². The predicted octanol–water partition coefficient (Wildman–Crippen LogP) is 2.10. The van der Waals surface area contributed by atoms with E-state index in [9.17, 15) is 24.1 Å². The van der Waals surface area contributed by atoms with Crippen LogP contribution in [0.15, 0.2) is 47.6 Å². The topological polar surface area (TPSA) is 131 Å². The lowest BCUT2D eigenvalue weighted by Gasteiger charge is -2.20. The van der Waals surface area contributed by atoms with Gasteiger partial charge in [-0.05, 0) is 37.3 Å². The maximum atomic E-state index is 13.1. The van der Waals surface area contributed by atoms with Gasteiger partial charge in [-0.2, -0.15) is 5.10 Å². The molecule has 3 N–H and O–H groups in total. The summed E-state index contributed by atoms with van der Waals surface area (Å²) in [5.74, 6) is -1.77. The molecule has 10 heteroatoms. The summed E-state index contributed by atoms with van der Waals surface area (Å²) >= 11 is 0. The smallest absolute Gasteiger partial charge is 0.274 e. The van der Waals surface area contributed by atoms with Gasteiger partial charge in [0, 0.05) is 23.7 Å². The molecule has 1 atom stereocenters. The first-order chi connectivity index (χ1) is 13.3. The predicted molar refractivity (Wildman–Crippen MR) is 100 cm³/mol. The van der Waals surface area contributed by atoms with Gasteiger partial charge in [-0.3, -0.25) is 24.7 Å². The summed E-state index contributed by atoms with van der Waals surface area (Å²) in [5, 5.41) is 19.0. The van der Waals surface area contributed by atoms with E-state index >= 15 is 0 Å². The lowest BCUT2D eigenvalue weighted by Crippen LogP contribution is -2.39. The van der Waals surface area contributed by atoms with Crippen LogP contribution < -0.4 is 16.1 Å². The average molecular weight is 385 g/mol. The Hall–Kier alpha value is -3.82. The van der Waals surface area contributed by atoms with Gasteiger partial charge < -0.3 is 11.1 Å². The Labute approximate surface area is 158 Å². The van der Waals surface area contributed by atoms with E-state index in [1.54, 1.807) is 6.92 Å². The molecule has 0 saturated carbocycles. The molecule has 3 rings (SSSR count). The second-order valence-electron chi connectivity index (χ2n) is 6.20. The van der Waals surface area contributed by atoms with Gasteiger partial charge in [0.25, 0.3) is 11.6 Å². The molecule has 2 amide bonds. The number of aryl methyl sites for hydroxylation is 1. The minimum Gasteiger partial charge on any atom is -0.368 e. The van der Waals surface area contributed by atoms with E-state index in [0.717, 1.165) is 0 Å². The molecule has 0 radical (unpaired) electrons. The number of nitrogens with zero attached hydrogens (tertiary/aromatic N) is 3. The van der Waals surface area contributed by atoms with E-state index < -0.39 is 28.6 Å². The number of halogens is 1. The fourth-order valence-electron chi connectivity index (χ4n) is 2.79. The summed E-state index contributed by atoms with van der Waals surface area (Å²) in [6.45, 7) is 1.59. The van der Waals surface area contributed by atoms with Crippen molar-refractivity contribution in [1.29, 1.82) is 0 Å². The van der Waals surface area contributed by atoms with Crippen molar-refractivity contribution in [3.8, 4) is 0 Å². The fraction of sp³-hybridized carbons (Fsp3) is 0.167. The minimum atomic E-state index is -0.904. The van der Waals surface area contributed by atoms with Crippen LogP contribution >= 0.6 is 0 Å². The van der Waals surface area contributed by atoms with E-state index in [1.807, 2.05) is 0 Å². The van der Waals surface area contributed by atoms with E-state index in [-0.39, 0.29) is 23.5 Å². The van der Waals surface area contributed by atoms with Crippen LogP contribution in [0.25, 0.3) is 0 Å². The number of anilines is 2. The van der Waals surface area contributed by atoms with E-state index in [1.165, 1.54) is 47.5 Å². The first-order valence-electron chi connectivity index (χ1n) is 8.24. The molecular formula is C18H16FN5O4. The number of nitro groups is 1. The van der Waals surface area contributed by atoms with Crippen LogP contribution in [0.1, 0.15) is 12.0 Å². The zero-order valence-electron chi connectivity index (χ0n) is 14.8. The third-order valence-electron chi connectivity index (χ3n) is 4.26. The number of nitrogens with two attached hydrogens (primary N) is 1. The van der Waals surface area contributed by atoms with Gasteiger partial charge in [-0.15, -0.1) is 0 Å². The van der Waals surface area contributed by atoms with Crippen molar-refractivity contribution < 1.29 is 18.9 Å². The molecule has 1 aliphatic rings. The molecule has 1 heterocycles. The van der Waals surface area contributed by atoms with Gasteiger partial charge >= 0.3 is 0 Å². The molecule has 0 aliphatic carbocycles. The highest BCUT2D eigenvalue weighted by Crippen LogP contribution is 2.26. The summed E-state index contributed by atoms with van der Waals surface area (Å²) in [7, 11) is 0. The number of carbonyl (C=O) groups is 2. The third-order valence-corrected chi connectivity index (χ3v) is 4.26. The zero-order chi connectivity index (χ0) is 20.4. The Morgan fingerprint density at radius 3 is 2.57 bits per heavy atom. The number of primary amides is 1. The zero-order valence-corrected chi connectivity index (χ0v) is 14.8. The molecule has 0 bridgehead atoms. The first kappa shape index (κ1) is 19.0. The number of hydrazone groups is 1. The molecular weight excluding hydrogens is 369 g/mol. The number of hydrogen-bond acceptors (Lipinski definition) is 6. The van der Waals surface area contributed by atoms with Crippen molar-refractivity contribution in [2.75, 3.05) is 10.3 Å². The minimum absolute atomic E-state index is 0.0244. The van der Waals surface area contributed by atoms with Crippen LogP contribution in [0.2, 0.25) is 0 Å². The highest BCUT2D eigenvalue weighted by molar-refractivity contribution is 6.44. The number of benzene rings is 2. The fourth-order valence-corrected chi connectivity index (χ4v) is 2.79. The van der Waals surface area contributed by atoms with Crippen molar-refractivity contribution in [3.63, 3.8) is 0 Å². The Kier molecular flexibility index (Phi) is 5.03. The molecule has 2 aromatic carbocycles. The molecule has 9 nitrogen and oxygen atoms in total. The standard InChI is InChI=1S/C18H16FN5O4/c1-10-2-5-12(8-15(10)24(27)28)21-18(26)14-9-16(17(20)25)23(22-14)13-6-3-11(19)4-7-13/h2-8,16H,9H2,1H3,(H2,20,25)(H,21,26)/t16-/m0/s1. The molecule has 0 spiro atoms. The third kappa shape index (κ3) is 3.80. The van der Waals surface area contributed by atoms with Crippen LogP contribution in [0.4, 0.5) is 21.5 Å². The second-order valence-corrected chi connectivity index (χ2v) is 6.20. The molecule has 28 heavy (non-hydrogen) atoms. The number of hydrogen-bond donors (Lipinski definition) is 2. The van der Waals surface area contributed by atoms with E-state index in [0.29, 0.717) is 11.3 Å². The highest BCUT2D eigenvalue weighted by atomic mass is 19.1. The summed E-state index contributed by atoms with van der Waals surface area (Å²) in [6.07, 6.45) is -0.0491. The quantitative estimate of drug-likeness (QED) is 0.601. The number of nitrogens with one attached hydrogen (secondary N) is 1. The SMILES string of the molecule is Cc1ccc(NC(=O)C2=NN(c3ccc(F)cc3)[C@H](C(N)=O)C2)cc1[N+](=O)[O-]. The van der Waals surface area contributed by atoms with Gasteiger partial charge in [0.2, 0.25) is 5.91 Å². The number of nitro benzene ring substituents is 1. The van der Waals surface area contributed by atoms with Crippen molar-refractivity contribution >= 4 is 34.6 Å². The maximum Gasteiger partial charge on any atom is 0.274 e. The van der Waals surface area contributed by atoms with Crippen LogP contribution in [-0.4, -0.2) is 28.5 Å². The molecule has 0 saturated heterocycles.